The van der Waals surface area contributed by atoms with E-state index in [4.69, 9.17) is 17.2 Å². The maximum absolute atomic E-state index is 14.2. The largest absolute Gasteiger partial charge is 0.508 e. The summed E-state index contributed by atoms with van der Waals surface area (Å²) in [6, 6.07) is -9.06. The summed E-state index contributed by atoms with van der Waals surface area (Å²) in [5, 5.41) is 57.9. The van der Waals surface area contributed by atoms with Crippen molar-refractivity contribution < 1.29 is 82.8 Å². The molecular weight excluding hydrogens is 1030 g/mol. The first-order valence-electron chi connectivity index (χ1n) is 25.5. The van der Waals surface area contributed by atoms with Gasteiger partial charge in [-0.15, -0.1) is 0 Å². The minimum Gasteiger partial charge on any atom is -0.508 e. The molecule has 1 aromatic rings. The minimum absolute atomic E-state index is 0.0231. The number of amides is 10. The van der Waals surface area contributed by atoms with Gasteiger partial charge < -0.3 is 80.2 Å². The molecule has 0 aliphatic heterocycles. The lowest BCUT2D eigenvalue weighted by atomic mass is 9.96. The molecule has 0 heterocycles. The van der Waals surface area contributed by atoms with E-state index in [1.54, 1.807) is 41.5 Å². The van der Waals surface area contributed by atoms with Gasteiger partial charge in [-0.25, -0.2) is 4.79 Å². The van der Waals surface area contributed by atoms with E-state index in [1.165, 1.54) is 24.3 Å². The molecule has 1 aromatic carbocycles. The number of primary amides is 2. The number of aliphatic carboxylic acids is 3. The van der Waals surface area contributed by atoms with Crippen LogP contribution in [0.15, 0.2) is 24.3 Å². The molecule has 28 heteroatoms. The number of carboxylic acid groups (broad SMARTS) is 3. The minimum atomic E-state index is -2.01. The van der Waals surface area contributed by atoms with Crippen LogP contribution in [0, 0.1) is 23.7 Å². The first-order chi connectivity index (χ1) is 36.3. The van der Waals surface area contributed by atoms with Crippen molar-refractivity contribution >= 4 is 77.0 Å². The Morgan fingerprint density at radius 3 is 1.29 bits per heavy atom. The van der Waals surface area contributed by atoms with Crippen LogP contribution in [-0.4, -0.2) is 152 Å². The van der Waals surface area contributed by atoms with E-state index < -0.39 is 181 Å². The molecule has 1 rings (SSSR count). The number of phenolic OH excluding ortho intramolecular Hbond substituents is 1. The zero-order valence-electron chi connectivity index (χ0n) is 45.2. The Balaban J connectivity index is 3.65. The van der Waals surface area contributed by atoms with Crippen LogP contribution >= 0.6 is 0 Å². The third kappa shape index (κ3) is 24.8. The quantitative estimate of drug-likeness (QED) is 0.0330. The van der Waals surface area contributed by atoms with Crippen molar-refractivity contribution in [3.8, 4) is 5.75 Å². The summed E-state index contributed by atoms with van der Waals surface area (Å²) < 4.78 is 0. The average Bonchev–Trinajstić information content (AvgIpc) is 3.33. The SMILES string of the molecule is CC[C@H](C)[C@H](NC(=O)[C@H](Cc1ccc(O)cc1)NC(=O)[C@H](CCC(=O)O)NC(=O)[C@H](CC(C)C)NC(=O)[C@H](CC(=O)O)NC(=O)[C@H](CC(N)=O)NC(=O)[C@@H](NC(=O)[C@@H](N)CC(C)C)[C@@H](C)CC)C(=O)N[C@@H](CC(N)=O)C(=O)O. The van der Waals surface area contributed by atoms with Crippen molar-refractivity contribution in [2.45, 2.75) is 174 Å². The molecule has 28 nitrogen and oxygen atoms in total. The lowest BCUT2D eigenvalue weighted by Gasteiger charge is -2.29. The topological polar surface area (TPSA) is 477 Å². The molecule has 0 radical (unpaired) electrons. The number of nitrogens with two attached hydrogens (primary N) is 3. The molecular formula is C50H79N11O17. The zero-order valence-corrected chi connectivity index (χ0v) is 45.2. The summed E-state index contributed by atoms with van der Waals surface area (Å²) in [5.74, 6) is -17.1. The van der Waals surface area contributed by atoms with Gasteiger partial charge >= 0.3 is 17.9 Å². The molecule has 0 saturated carbocycles. The normalized spacial score (nSPS) is 15.4. The van der Waals surface area contributed by atoms with E-state index in [0.717, 1.165) is 0 Å². The lowest BCUT2D eigenvalue weighted by Crippen LogP contribution is -2.61. The van der Waals surface area contributed by atoms with Crippen LogP contribution in [0.5, 0.6) is 5.75 Å². The van der Waals surface area contributed by atoms with Crippen molar-refractivity contribution in [1.29, 1.82) is 0 Å². The Hall–Kier alpha value is -7.91. The van der Waals surface area contributed by atoms with Crippen molar-refractivity contribution in [2.75, 3.05) is 0 Å². The van der Waals surface area contributed by atoms with E-state index >= 15 is 0 Å². The van der Waals surface area contributed by atoms with E-state index in [2.05, 4.69) is 42.5 Å². The fourth-order valence-electron chi connectivity index (χ4n) is 7.66. The van der Waals surface area contributed by atoms with Gasteiger partial charge in [-0.1, -0.05) is 80.4 Å². The molecule has 0 spiro atoms. The lowest BCUT2D eigenvalue weighted by molar-refractivity contribution is -0.144. The molecule has 0 fully saturated rings. The molecule has 18 N–H and O–H groups in total. The highest BCUT2D eigenvalue weighted by atomic mass is 16.4. The van der Waals surface area contributed by atoms with Crippen molar-refractivity contribution in [2.24, 2.45) is 40.9 Å². The number of rotatable bonds is 36. The van der Waals surface area contributed by atoms with Gasteiger partial charge in [0.1, 0.15) is 54.1 Å². The Morgan fingerprint density at radius 2 is 0.846 bits per heavy atom. The van der Waals surface area contributed by atoms with Gasteiger partial charge in [0.25, 0.3) is 0 Å². The van der Waals surface area contributed by atoms with E-state index in [9.17, 15) is 82.8 Å². The second-order valence-corrected chi connectivity index (χ2v) is 20.1. The highest BCUT2D eigenvalue weighted by Gasteiger charge is 2.38. The van der Waals surface area contributed by atoms with Gasteiger partial charge in [0.15, 0.2) is 0 Å². The first kappa shape index (κ1) is 68.1. The van der Waals surface area contributed by atoms with Gasteiger partial charge in [0.05, 0.1) is 25.3 Å². The van der Waals surface area contributed by atoms with Gasteiger partial charge in [-0.05, 0) is 60.6 Å². The molecule has 0 saturated heterocycles. The summed E-state index contributed by atoms with van der Waals surface area (Å²) in [4.78, 5) is 170. The number of hydrogen-bond donors (Lipinski definition) is 15. The highest BCUT2D eigenvalue weighted by Crippen LogP contribution is 2.16. The summed E-state index contributed by atoms with van der Waals surface area (Å²) in [6.45, 7) is 13.5. The van der Waals surface area contributed by atoms with Crippen molar-refractivity contribution in [3.05, 3.63) is 29.8 Å². The van der Waals surface area contributed by atoms with E-state index in [1.807, 2.05) is 13.8 Å². The van der Waals surface area contributed by atoms with Gasteiger partial charge in [0.2, 0.25) is 59.1 Å². The van der Waals surface area contributed by atoms with Crippen LogP contribution in [-0.2, 0) is 68.7 Å². The second-order valence-electron chi connectivity index (χ2n) is 20.1. The van der Waals surface area contributed by atoms with Crippen LogP contribution in [0.1, 0.15) is 119 Å². The summed E-state index contributed by atoms with van der Waals surface area (Å²) >= 11 is 0. The third-order valence-corrected chi connectivity index (χ3v) is 12.3. The Morgan fingerprint density at radius 1 is 0.462 bits per heavy atom. The molecule has 0 bridgehead atoms. The highest BCUT2D eigenvalue weighted by molar-refractivity contribution is 6.00. The van der Waals surface area contributed by atoms with Crippen LogP contribution in [0.25, 0.3) is 0 Å². The smallest absolute Gasteiger partial charge is 0.326 e. The number of phenols is 1. The van der Waals surface area contributed by atoms with E-state index in [0.29, 0.717) is 12.0 Å². The number of carboxylic acids is 3. The number of aromatic hydroxyl groups is 1. The van der Waals surface area contributed by atoms with Crippen LogP contribution < -0.4 is 59.7 Å². The fraction of sp³-hybridized carbons (Fsp3) is 0.620. The molecule has 78 heavy (non-hydrogen) atoms. The second kappa shape index (κ2) is 33.3. The van der Waals surface area contributed by atoms with E-state index in [-0.39, 0.29) is 37.4 Å². The monoisotopic (exact) mass is 1110 g/mol. The zero-order chi connectivity index (χ0) is 59.7. The number of carbonyl (C=O) groups is 13. The number of carbonyl (C=O) groups excluding carboxylic acids is 10. The molecule has 11 atom stereocenters. The summed E-state index contributed by atoms with van der Waals surface area (Å²) in [7, 11) is 0. The Kier molecular flexibility index (Phi) is 29.1. The van der Waals surface area contributed by atoms with Gasteiger partial charge in [-0.2, -0.15) is 0 Å². The summed E-state index contributed by atoms with van der Waals surface area (Å²) in [6.07, 6.45) is -3.82. The number of hydrogen-bond acceptors (Lipinski definition) is 15. The van der Waals surface area contributed by atoms with Crippen LogP contribution in [0.2, 0.25) is 0 Å². The standard InChI is InChI=1S/C50H79N11O17/c1-9-25(7)40(60-42(69)29(51)17-23(3)4)48(75)58-33(20-36(52)63)45(72)57-34(22-39(67)68)46(73)55-31(18-24(5)6)44(71)54-30(15-16-38(65)66)43(70)56-32(19-27-11-13-28(62)14-12-27)47(74)61-41(26(8)10-2)49(76)59-35(50(77)78)21-37(53)64/h11-14,23-26,29-35,40-41,62H,9-10,15-22,51H2,1-8H3,(H2,52,63)(H2,53,64)(H,54,71)(H,55,73)(H,56,70)(H,57,72)(H,58,75)(H,59,76)(H,60,69)(H,61,74)(H,65,66)(H,67,68)(H,77,78)/t25-,26-,29-,30-,31-,32-,33-,34-,35-,40-,41-/m0/s1. The Bertz CT molecular complexity index is 2300. The molecule has 436 valence electrons. The third-order valence-electron chi connectivity index (χ3n) is 12.3. The number of benzene rings is 1. The fourth-order valence-corrected chi connectivity index (χ4v) is 7.66. The molecule has 10 amide bonds. The number of nitrogens with one attached hydrogen (secondary N) is 8. The van der Waals surface area contributed by atoms with Crippen LogP contribution in [0.3, 0.4) is 0 Å². The predicted molar refractivity (Wildman–Crippen MR) is 277 cm³/mol. The maximum atomic E-state index is 14.2. The van der Waals surface area contributed by atoms with Crippen molar-refractivity contribution in [1.82, 2.24) is 42.5 Å². The van der Waals surface area contributed by atoms with Crippen LogP contribution in [0.4, 0.5) is 0 Å². The van der Waals surface area contributed by atoms with Gasteiger partial charge in [-0.3, -0.25) is 57.5 Å². The summed E-state index contributed by atoms with van der Waals surface area (Å²) in [5.41, 5.74) is 16.9. The van der Waals surface area contributed by atoms with Gasteiger partial charge in [0, 0.05) is 12.8 Å². The molecule has 0 unspecified atom stereocenters. The molecule has 0 aliphatic rings. The average molecular weight is 1110 g/mol. The predicted octanol–water partition coefficient (Wildman–Crippen LogP) is -2.50. The molecule has 0 aliphatic carbocycles. The Labute approximate surface area is 451 Å². The van der Waals surface area contributed by atoms with Crippen molar-refractivity contribution in [3.63, 3.8) is 0 Å². The molecule has 0 aromatic heterocycles. The maximum Gasteiger partial charge on any atom is 0.326 e. The first-order valence-corrected chi connectivity index (χ1v) is 25.5.